The highest BCUT2D eigenvalue weighted by molar-refractivity contribution is 6.36. The molecule has 2 fully saturated rings. The van der Waals surface area contributed by atoms with Crippen molar-refractivity contribution in [2.45, 2.75) is 59.8 Å². The van der Waals surface area contributed by atoms with Gasteiger partial charge in [-0.3, -0.25) is 0 Å². The molecule has 0 amide bonds. The number of aryl methyl sites for hydroxylation is 2. The first kappa shape index (κ1) is 14.6. The molecule has 0 radical (unpaired) electrons. The summed E-state index contributed by atoms with van der Waals surface area (Å²) in [5.74, 6) is 0.916. The van der Waals surface area contributed by atoms with Gasteiger partial charge in [-0.05, 0) is 79.9 Å². The van der Waals surface area contributed by atoms with Crippen LogP contribution in [0.1, 0.15) is 56.4 Å². The van der Waals surface area contributed by atoms with E-state index in [9.17, 15) is 0 Å². The molecule has 0 unspecified atom stereocenters. The maximum Gasteiger partial charge on any atom is 0.0694 e. The quantitative estimate of drug-likeness (QED) is 0.679. The predicted octanol–water partition coefficient (Wildman–Crippen LogP) is 6.20. The predicted molar refractivity (Wildman–Crippen MR) is 94.7 cm³/mol. The normalized spacial score (nSPS) is 29.6. The largest absolute Gasteiger partial charge is 0.357 e. The molecule has 22 heavy (non-hydrogen) atoms. The van der Waals surface area contributed by atoms with Crippen molar-refractivity contribution in [1.82, 2.24) is 4.98 Å². The summed E-state index contributed by atoms with van der Waals surface area (Å²) in [5, 5.41) is 2.20. The molecule has 2 aliphatic rings. The van der Waals surface area contributed by atoms with Gasteiger partial charge in [0.05, 0.1) is 5.02 Å². The summed E-state index contributed by atoms with van der Waals surface area (Å²) in [6.07, 6.45) is 6.66. The van der Waals surface area contributed by atoms with Gasteiger partial charge < -0.3 is 4.98 Å². The van der Waals surface area contributed by atoms with Gasteiger partial charge in [-0.25, -0.2) is 0 Å². The highest BCUT2D eigenvalue weighted by Gasteiger charge is 2.58. The third-order valence-electron chi connectivity index (χ3n) is 7.35. The van der Waals surface area contributed by atoms with Crippen molar-refractivity contribution in [1.29, 1.82) is 0 Å². The minimum absolute atomic E-state index is 0.450. The minimum Gasteiger partial charge on any atom is -0.357 e. The monoisotopic (exact) mass is 315 g/mol. The topological polar surface area (TPSA) is 15.8 Å². The highest BCUT2D eigenvalue weighted by atomic mass is 35.5. The van der Waals surface area contributed by atoms with E-state index in [0.717, 1.165) is 17.4 Å². The van der Waals surface area contributed by atoms with Crippen molar-refractivity contribution in [3.63, 3.8) is 0 Å². The van der Waals surface area contributed by atoms with Crippen LogP contribution in [0.25, 0.3) is 10.9 Å². The number of rotatable bonds is 2. The number of nitrogens with one attached hydrogen (secondary N) is 1. The molecule has 2 aliphatic carbocycles. The first-order valence-corrected chi connectivity index (χ1v) is 9.00. The first-order valence-electron chi connectivity index (χ1n) is 8.62. The third kappa shape index (κ3) is 1.72. The third-order valence-corrected chi connectivity index (χ3v) is 7.77. The van der Waals surface area contributed by atoms with Gasteiger partial charge in [0.1, 0.15) is 0 Å². The van der Waals surface area contributed by atoms with E-state index in [-0.39, 0.29) is 0 Å². The minimum atomic E-state index is 0.450. The maximum atomic E-state index is 6.81. The zero-order chi connectivity index (χ0) is 15.7. The number of benzene rings is 1. The van der Waals surface area contributed by atoms with Gasteiger partial charge in [-0.15, -0.1) is 0 Å². The van der Waals surface area contributed by atoms with E-state index in [1.165, 1.54) is 53.4 Å². The van der Waals surface area contributed by atoms with Crippen LogP contribution in [0.4, 0.5) is 0 Å². The van der Waals surface area contributed by atoms with Crippen LogP contribution >= 0.6 is 11.6 Å². The molecule has 1 heterocycles. The Hall–Kier alpha value is -0.950. The Morgan fingerprint density at radius 2 is 1.86 bits per heavy atom. The summed E-state index contributed by atoms with van der Waals surface area (Å²) in [7, 11) is 0. The number of hydrogen-bond donors (Lipinski definition) is 1. The van der Waals surface area contributed by atoms with Crippen LogP contribution in [0.3, 0.4) is 0 Å². The standard InChI is InChI=1S/C20H26ClN/c1-12-5-6-15-17(13(12)2)18(21)16(22-15)11-20-9-7-14(8-10-20)19(20,3)4/h5-6,14,22H,7-11H2,1-4H3. The average Bonchev–Trinajstić information content (AvgIpc) is 3.01. The van der Waals surface area contributed by atoms with Crippen molar-refractivity contribution < 1.29 is 0 Å². The Balaban J connectivity index is 1.80. The molecule has 1 aromatic carbocycles. The van der Waals surface area contributed by atoms with Gasteiger partial charge in [-0.1, -0.05) is 31.5 Å². The summed E-state index contributed by atoms with van der Waals surface area (Å²) in [6, 6.07) is 4.37. The van der Waals surface area contributed by atoms with Gasteiger partial charge in [-0.2, -0.15) is 0 Å². The lowest BCUT2D eigenvalue weighted by Crippen LogP contribution is -2.32. The number of fused-ring (bicyclic) bond motifs is 3. The molecule has 0 spiro atoms. The van der Waals surface area contributed by atoms with Gasteiger partial charge >= 0.3 is 0 Å². The Kier molecular flexibility index (Phi) is 3.02. The molecule has 1 aromatic heterocycles. The highest BCUT2D eigenvalue weighted by Crippen LogP contribution is 2.67. The molecule has 2 saturated carbocycles. The average molecular weight is 316 g/mol. The molecule has 0 saturated heterocycles. The van der Waals surface area contributed by atoms with Gasteiger partial charge in [0.25, 0.3) is 0 Å². The second kappa shape index (κ2) is 4.54. The van der Waals surface area contributed by atoms with E-state index >= 15 is 0 Å². The number of aromatic amines is 1. The lowest BCUT2D eigenvalue weighted by Gasteiger charge is -2.38. The SMILES string of the molecule is Cc1ccc2[nH]c(CC34CCC(CC3)C4(C)C)c(Cl)c2c1C. The molecular weight excluding hydrogens is 290 g/mol. The zero-order valence-corrected chi connectivity index (χ0v) is 14.9. The van der Waals surface area contributed by atoms with Crippen LogP contribution in [0, 0.1) is 30.6 Å². The Labute approximate surface area is 138 Å². The molecule has 4 rings (SSSR count). The Bertz CT molecular complexity index is 745. The lowest BCUT2D eigenvalue weighted by atomic mass is 9.67. The molecule has 2 bridgehead atoms. The smallest absolute Gasteiger partial charge is 0.0694 e. The molecular formula is C20H26ClN. The summed E-state index contributed by atoms with van der Waals surface area (Å²) < 4.78 is 0. The van der Waals surface area contributed by atoms with Crippen LogP contribution in [0.2, 0.25) is 5.02 Å². The fourth-order valence-corrected chi connectivity index (χ4v) is 5.76. The van der Waals surface area contributed by atoms with Gasteiger partial charge in [0.15, 0.2) is 0 Å². The summed E-state index contributed by atoms with van der Waals surface area (Å²) >= 11 is 6.81. The van der Waals surface area contributed by atoms with E-state index < -0.39 is 0 Å². The number of halogens is 1. The second-order valence-electron chi connectivity index (χ2n) is 8.30. The van der Waals surface area contributed by atoms with E-state index in [1.54, 1.807) is 0 Å². The van der Waals surface area contributed by atoms with Crippen LogP contribution in [0.5, 0.6) is 0 Å². The van der Waals surface area contributed by atoms with Crippen molar-refractivity contribution >= 4 is 22.5 Å². The Morgan fingerprint density at radius 3 is 2.45 bits per heavy atom. The second-order valence-corrected chi connectivity index (χ2v) is 8.68. The van der Waals surface area contributed by atoms with Crippen molar-refractivity contribution in [2.24, 2.45) is 16.7 Å². The van der Waals surface area contributed by atoms with Gasteiger partial charge in [0.2, 0.25) is 0 Å². The first-order chi connectivity index (χ1) is 10.4. The molecule has 1 N–H and O–H groups in total. The Morgan fingerprint density at radius 1 is 1.18 bits per heavy atom. The van der Waals surface area contributed by atoms with Gasteiger partial charge in [0, 0.05) is 16.6 Å². The fourth-order valence-electron chi connectivity index (χ4n) is 5.41. The van der Waals surface area contributed by atoms with Crippen molar-refractivity contribution in [2.75, 3.05) is 0 Å². The maximum absolute atomic E-state index is 6.81. The fraction of sp³-hybridized carbons (Fsp3) is 0.600. The molecule has 2 heteroatoms. The van der Waals surface area contributed by atoms with Crippen molar-refractivity contribution in [3.8, 4) is 0 Å². The number of H-pyrrole nitrogens is 1. The lowest BCUT2D eigenvalue weighted by molar-refractivity contribution is 0.127. The number of aromatic nitrogens is 1. The zero-order valence-electron chi connectivity index (χ0n) is 14.1. The van der Waals surface area contributed by atoms with Crippen LogP contribution in [0.15, 0.2) is 12.1 Å². The van der Waals surface area contributed by atoms with E-state index in [4.69, 9.17) is 11.6 Å². The van der Waals surface area contributed by atoms with E-state index in [0.29, 0.717) is 10.8 Å². The van der Waals surface area contributed by atoms with E-state index in [2.05, 4.69) is 44.8 Å². The van der Waals surface area contributed by atoms with Crippen LogP contribution in [-0.2, 0) is 6.42 Å². The molecule has 0 atom stereocenters. The van der Waals surface area contributed by atoms with Crippen LogP contribution in [-0.4, -0.2) is 4.98 Å². The molecule has 0 aliphatic heterocycles. The van der Waals surface area contributed by atoms with Crippen LogP contribution < -0.4 is 0 Å². The van der Waals surface area contributed by atoms with Crippen molar-refractivity contribution in [3.05, 3.63) is 34.0 Å². The molecule has 118 valence electrons. The summed E-state index contributed by atoms with van der Waals surface area (Å²) in [4.78, 5) is 3.64. The molecule has 2 aromatic rings. The number of hydrogen-bond acceptors (Lipinski definition) is 0. The summed E-state index contributed by atoms with van der Waals surface area (Å²) in [5.41, 5.74) is 6.01. The summed E-state index contributed by atoms with van der Waals surface area (Å²) in [6.45, 7) is 9.33. The molecule has 1 nitrogen and oxygen atoms in total. The van der Waals surface area contributed by atoms with E-state index in [1.807, 2.05) is 0 Å².